The maximum absolute atomic E-state index is 12.9. The van der Waals surface area contributed by atoms with Gasteiger partial charge in [-0.3, -0.25) is 14.9 Å². The standard InChI is InChI=1S/C15H9Cl2FN2O5/c16-11-4-2-9(6-13(11)20(23)24)19-14(21)7-25-15(22)10-3-1-8(18)5-12(10)17/h1-6H,7H2,(H,19,21). The van der Waals surface area contributed by atoms with Crippen molar-refractivity contribution < 1.29 is 23.6 Å². The van der Waals surface area contributed by atoms with Gasteiger partial charge < -0.3 is 10.1 Å². The first-order valence-electron chi connectivity index (χ1n) is 6.64. The molecule has 2 aromatic rings. The SMILES string of the molecule is O=C(COC(=O)c1ccc(F)cc1Cl)Nc1ccc(Cl)c([N+](=O)[O-])c1. The van der Waals surface area contributed by atoms with Crippen molar-refractivity contribution in [1.82, 2.24) is 0 Å². The van der Waals surface area contributed by atoms with Gasteiger partial charge in [0.1, 0.15) is 10.8 Å². The first kappa shape index (κ1) is 18.6. The van der Waals surface area contributed by atoms with Gasteiger partial charge in [0.05, 0.1) is 15.5 Å². The van der Waals surface area contributed by atoms with E-state index in [9.17, 15) is 24.1 Å². The average Bonchev–Trinajstić information content (AvgIpc) is 2.54. The lowest BCUT2D eigenvalue weighted by molar-refractivity contribution is -0.384. The molecule has 0 aliphatic rings. The number of hydrogen-bond donors (Lipinski definition) is 1. The minimum atomic E-state index is -0.915. The van der Waals surface area contributed by atoms with Crippen LogP contribution in [0.3, 0.4) is 0 Å². The van der Waals surface area contributed by atoms with E-state index in [-0.39, 0.29) is 27.0 Å². The van der Waals surface area contributed by atoms with Crippen molar-refractivity contribution in [2.45, 2.75) is 0 Å². The van der Waals surface area contributed by atoms with E-state index in [0.717, 1.165) is 24.3 Å². The van der Waals surface area contributed by atoms with Crippen molar-refractivity contribution in [3.8, 4) is 0 Å². The third kappa shape index (κ3) is 4.88. The van der Waals surface area contributed by atoms with Crippen molar-refractivity contribution in [2.24, 2.45) is 0 Å². The van der Waals surface area contributed by atoms with E-state index < -0.39 is 29.2 Å². The zero-order chi connectivity index (χ0) is 18.6. The van der Waals surface area contributed by atoms with Crippen LogP contribution in [0.5, 0.6) is 0 Å². The number of carbonyl (C=O) groups is 2. The summed E-state index contributed by atoms with van der Waals surface area (Å²) in [5.74, 6) is -2.27. The van der Waals surface area contributed by atoms with Gasteiger partial charge in [0.2, 0.25) is 0 Å². The Hall–Kier alpha value is -2.71. The number of ether oxygens (including phenoxy) is 1. The minimum Gasteiger partial charge on any atom is -0.452 e. The van der Waals surface area contributed by atoms with Gasteiger partial charge in [-0.05, 0) is 30.3 Å². The lowest BCUT2D eigenvalue weighted by Crippen LogP contribution is -2.21. The fraction of sp³-hybridized carbons (Fsp3) is 0.0667. The van der Waals surface area contributed by atoms with Crippen LogP contribution >= 0.6 is 23.2 Å². The molecule has 0 aliphatic heterocycles. The van der Waals surface area contributed by atoms with E-state index in [1.807, 2.05) is 0 Å². The summed E-state index contributed by atoms with van der Waals surface area (Å²) < 4.78 is 17.7. The lowest BCUT2D eigenvalue weighted by atomic mass is 10.2. The minimum absolute atomic E-state index is 0.0830. The summed E-state index contributed by atoms with van der Waals surface area (Å²) >= 11 is 11.4. The molecule has 0 saturated carbocycles. The zero-order valence-corrected chi connectivity index (χ0v) is 13.8. The van der Waals surface area contributed by atoms with Gasteiger partial charge in [0, 0.05) is 11.8 Å². The fourth-order valence-electron chi connectivity index (χ4n) is 1.79. The van der Waals surface area contributed by atoms with Gasteiger partial charge >= 0.3 is 5.97 Å². The Morgan fingerprint density at radius 3 is 2.52 bits per heavy atom. The number of anilines is 1. The third-order valence-electron chi connectivity index (χ3n) is 2.91. The molecule has 0 atom stereocenters. The molecule has 0 aliphatic carbocycles. The van der Waals surface area contributed by atoms with Gasteiger partial charge in [-0.25, -0.2) is 9.18 Å². The monoisotopic (exact) mass is 386 g/mol. The first-order valence-corrected chi connectivity index (χ1v) is 7.39. The smallest absolute Gasteiger partial charge is 0.340 e. The third-order valence-corrected chi connectivity index (χ3v) is 3.54. The Morgan fingerprint density at radius 2 is 1.88 bits per heavy atom. The summed E-state index contributed by atoms with van der Waals surface area (Å²) in [6, 6.07) is 6.76. The van der Waals surface area contributed by atoms with E-state index in [4.69, 9.17) is 27.9 Å². The number of rotatable bonds is 5. The maximum atomic E-state index is 12.9. The van der Waals surface area contributed by atoms with Crippen LogP contribution < -0.4 is 5.32 Å². The summed E-state index contributed by atoms with van der Waals surface area (Å²) in [5.41, 5.74) is -0.371. The predicted molar refractivity (Wildman–Crippen MR) is 88.4 cm³/mol. The number of nitro groups is 1. The first-order chi connectivity index (χ1) is 11.8. The van der Waals surface area contributed by atoms with Crippen molar-refractivity contribution in [1.29, 1.82) is 0 Å². The highest BCUT2D eigenvalue weighted by Gasteiger charge is 2.16. The van der Waals surface area contributed by atoms with Crippen LogP contribution in [0.4, 0.5) is 15.8 Å². The van der Waals surface area contributed by atoms with Crippen LogP contribution in [0.1, 0.15) is 10.4 Å². The summed E-state index contributed by atoms with van der Waals surface area (Å²) in [6.45, 7) is -0.664. The van der Waals surface area contributed by atoms with Gasteiger partial charge in [0.15, 0.2) is 6.61 Å². The zero-order valence-electron chi connectivity index (χ0n) is 12.3. The molecule has 2 aromatic carbocycles. The number of amides is 1. The molecule has 0 aromatic heterocycles. The normalized spacial score (nSPS) is 10.2. The van der Waals surface area contributed by atoms with Crippen LogP contribution in [0, 0.1) is 15.9 Å². The predicted octanol–water partition coefficient (Wildman–Crippen LogP) is 3.84. The Balaban J connectivity index is 1.98. The van der Waals surface area contributed by atoms with Gasteiger partial charge in [-0.15, -0.1) is 0 Å². The van der Waals surface area contributed by atoms with Crippen molar-refractivity contribution in [2.75, 3.05) is 11.9 Å². The highest BCUT2D eigenvalue weighted by Crippen LogP contribution is 2.27. The maximum Gasteiger partial charge on any atom is 0.340 e. The molecule has 7 nitrogen and oxygen atoms in total. The van der Waals surface area contributed by atoms with Crippen LogP contribution in [0.15, 0.2) is 36.4 Å². The number of halogens is 3. The Bertz CT molecular complexity index is 860. The topological polar surface area (TPSA) is 98.5 Å². The second-order valence-electron chi connectivity index (χ2n) is 4.67. The van der Waals surface area contributed by atoms with Gasteiger partial charge in [-0.2, -0.15) is 0 Å². The van der Waals surface area contributed by atoms with E-state index in [1.54, 1.807) is 0 Å². The molecule has 2 rings (SSSR count). The number of esters is 1. The number of nitrogens with zero attached hydrogens (tertiary/aromatic N) is 1. The molecule has 0 bridgehead atoms. The number of nitro benzene ring substituents is 1. The summed E-state index contributed by atoms with van der Waals surface area (Å²) in [7, 11) is 0. The summed E-state index contributed by atoms with van der Waals surface area (Å²) in [6.07, 6.45) is 0. The Kier molecular flexibility index (Phi) is 5.89. The highest BCUT2D eigenvalue weighted by molar-refractivity contribution is 6.33. The molecule has 10 heteroatoms. The Labute approximate surface area is 150 Å². The molecule has 0 unspecified atom stereocenters. The fourth-order valence-corrected chi connectivity index (χ4v) is 2.22. The second kappa shape index (κ2) is 7.91. The summed E-state index contributed by atoms with van der Waals surface area (Å²) in [4.78, 5) is 33.7. The molecular weight excluding hydrogens is 378 g/mol. The largest absolute Gasteiger partial charge is 0.452 e. The van der Waals surface area contributed by atoms with Gasteiger partial charge in [-0.1, -0.05) is 23.2 Å². The average molecular weight is 387 g/mol. The van der Waals surface area contributed by atoms with E-state index in [0.29, 0.717) is 0 Å². The molecule has 25 heavy (non-hydrogen) atoms. The summed E-state index contributed by atoms with van der Waals surface area (Å²) in [5, 5.41) is 12.9. The molecule has 0 heterocycles. The number of hydrogen-bond acceptors (Lipinski definition) is 5. The van der Waals surface area contributed by atoms with E-state index in [1.165, 1.54) is 12.1 Å². The van der Waals surface area contributed by atoms with E-state index >= 15 is 0 Å². The molecule has 1 amide bonds. The molecular formula is C15H9Cl2FN2O5. The van der Waals surface area contributed by atoms with Gasteiger partial charge in [0.25, 0.3) is 11.6 Å². The molecule has 130 valence electrons. The molecule has 0 spiro atoms. The highest BCUT2D eigenvalue weighted by atomic mass is 35.5. The van der Waals surface area contributed by atoms with Crippen molar-refractivity contribution in [3.05, 3.63) is 67.9 Å². The lowest BCUT2D eigenvalue weighted by Gasteiger charge is -2.08. The van der Waals surface area contributed by atoms with Crippen molar-refractivity contribution >= 4 is 46.5 Å². The van der Waals surface area contributed by atoms with Crippen LogP contribution in [0.25, 0.3) is 0 Å². The molecule has 0 fully saturated rings. The molecule has 0 saturated heterocycles. The second-order valence-corrected chi connectivity index (χ2v) is 5.49. The van der Waals surface area contributed by atoms with Crippen LogP contribution in [-0.4, -0.2) is 23.4 Å². The number of benzene rings is 2. The quantitative estimate of drug-likeness (QED) is 0.478. The molecule has 0 radical (unpaired) electrons. The van der Waals surface area contributed by atoms with E-state index in [2.05, 4.69) is 5.32 Å². The van der Waals surface area contributed by atoms with Crippen molar-refractivity contribution in [3.63, 3.8) is 0 Å². The molecule has 1 N–H and O–H groups in total. The van der Waals surface area contributed by atoms with Crippen LogP contribution in [0.2, 0.25) is 10.0 Å². The van der Waals surface area contributed by atoms with Crippen LogP contribution in [-0.2, 0) is 9.53 Å². The number of nitrogens with one attached hydrogen (secondary N) is 1. The number of carbonyl (C=O) groups excluding carboxylic acids is 2. The Morgan fingerprint density at radius 1 is 1.16 bits per heavy atom.